The summed E-state index contributed by atoms with van der Waals surface area (Å²) in [4.78, 5) is 4.43. The molecule has 0 aliphatic heterocycles. The number of ether oxygens (including phenoxy) is 3. The number of aromatic nitrogens is 1. The van der Waals surface area contributed by atoms with Crippen molar-refractivity contribution in [3.05, 3.63) is 59.8 Å². The van der Waals surface area contributed by atoms with Crippen LogP contribution >= 0.6 is 0 Å². The fraction of sp³-hybridized carbons (Fsp3) is 0.150. The molecule has 0 atom stereocenters. The van der Waals surface area contributed by atoms with Crippen LogP contribution in [0.2, 0.25) is 0 Å². The third kappa shape index (κ3) is 3.04. The molecule has 1 aromatic heterocycles. The van der Waals surface area contributed by atoms with E-state index >= 15 is 0 Å². The number of benzene rings is 2. The zero-order valence-electron chi connectivity index (χ0n) is 13.9. The Morgan fingerprint density at radius 1 is 0.792 bits per heavy atom. The molecule has 0 saturated heterocycles. The number of pyridine rings is 1. The van der Waals surface area contributed by atoms with Gasteiger partial charge in [0.25, 0.3) is 0 Å². The Morgan fingerprint density at radius 2 is 1.54 bits per heavy atom. The van der Waals surface area contributed by atoms with E-state index in [1.165, 1.54) is 0 Å². The molecule has 0 radical (unpaired) electrons. The molecule has 0 aliphatic rings. The quantitative estimate of drug-likeness (QED) is 0.652. The van der Waals surface area contributed by atoms with Crippen molar-refractivity contribution in [1.82, 2.24) is 4.98 Å². The van der Waals surface area contributed by atoms with Crippen LogP contribution in [-0.2, 0) is 0 Å². The molecule has 24 heavy (non-hydrogen) atoms. The Labute approximate surface area is 141 Å². The molecule has 3 rings (SSSR count). The number of fused-ring (bicyclic) bond motifs is 1. The maximum Gasteiger partial charge on any atom is 0.145 e. The smallest absolute Gasteiger partial charge is 0.145 e. The highest BCUT2D eigenvalue weighted by atomic mass is 16.5. The summed E-state index contributed by atoms with van der Waals surface area (Å²) in [5.74, 6) is 2.35. The van der Waals surface area contributed by atoms with Gasteiger partial charge in [-0.15, -0.1) is 0 Å². The highest BCUT2D eigenvalue weighted by Gasteiger charge is 2.06. The van der Waals surface area contributed by atoms with Crippen LogP contribution in [0, 0.1) is 0 Å². The number of methoxy groups -OCH3 is 3. The van der Waals surface area contributed by atoms with E-state index in [2.05, 4.69) is 4.98 Å². The Balaban J connectivity index is 2.06. The third-order valence-corrected chi connectivity index (χ3v) is 3.87. The topological polar surface area (TPSA) is 40.6 Å². The lowest BCUT2D eigenvalue weighted by Crippen LogP contribution is -1.90. The molecule has 4 heteroatoms. The van der Waals surface area contributed by atoms with Crippen molar-refractivity contribution in [1.29, 1.82) is 0 Å². The van der Waals surface area contributed by atoms with Crippen LogP contribution in [0.3, 0.4) is 0 Å². The zero-order valence-corrected chi connectivity index (χ0v) is 13.9. The summed E-state index contributed by atoms with van der Waals surface area (Å²) < 4.78 is 16.1. The summed E-state index contributed by atoms with van der Waals surface area (Å²) >= 11 is 0. The van der Waals surface area contributed by atoms with Gasteiger partial charge in [-0.2, -0.15) is 0 Å². The molecule has 122 valence electrons. The average Bonchev–Trinajstić information content (AvgIpc) is 2.65. The van der Waals surface area contributed by atoms with Crippen LogP contribution in [0.1, 0.15) is 11.1 Å². The van der Waals surface area contributed by atoms with Crippen LogP contribution in [0.25, 0.3) is 23.1 Å². The standard InChI is InChI=1S/C20H19NO3/c1-22-16-9-11-18(23-2)15(13-16)7-6-14-8-10-19(24-3)20-17(14)5-4-12-21-20/h4-13H,1-3H3/b7-6+. The lowest BCUT2D eigenvalue weighted by Gasteiger charge is -2.08. The molecule has 4 nitrogen and oxygen atoms in total. The molecule has 0 N–H and O–H groups in total. The largest absolute Gasteiger partial charge is 0.497 e. The predicted molar refractivity (Wildman–Crippen MR) is 96.8 cm³/mol. The molecule has 1 heterocycles. The summed E-state index contributed by atoms with van der Waals surface area (Å²) in [6, 6.07) is 13.6. The first-order valence-corrected chi connectivity index (χ1v) is 7.58. The molecule has 0 amide bonds. The van der Waals surface area contributed by atoms with E-state index in [1.807, 2.05) is 54.6 Å². The lowest BCUT2D eigenvalue weighted by molar-refractivity contribution is 0.402. The maximum atomic E-state index is 5.42. The molecule has 0 bridgehead atoms. The van der Waals surface area contributed by atoms with Gasteiger partial charge in [0.05, 0.1) is 21.3 Å². The molecular weight excluding hydrogens is 302 g/mol. The second-order valence-electron chi connectivity index (χ2n) is 5.20. The molecule has 0 spiro atoms. The minimum absolute atomic E-state index is 0.765. The average molecular weight is 321 g/mol. The Hall–Kier alpha value is -3.01. The highest BCUT2D eigenvalue weighted by molar-refractivity contribution is 5.94. The minimum atomic E-state index is 0.765. The van der Waals surface area contributed by atoms with E-state index in [-0.39, 0.29) is 0 Å². The zero-order chi connectivity index (χ0) is 16.9. The van der Waals surface area contributed by atoms with Gasteiger partial charge in [-0.3, -0.25) is 4.98 Å². The summed E-state index contributed by atoms with van der Waals surface area (Å²) in [5.41, 5.74) is 2.85. The SMILES string of the molecule is COc1ccc(OC)c(/C=C/c2ccc(OC)c3ncccc23)c1. The second kappa shape index (κ2) is 7.04. The molecule has 2 aromatic carbocycles. The van der Waals surface area contributed by atoms with E-state index in [1.54, 1.807) is 27.5 Å². The summed E-state index contributed by atoms with van der Waals surface area (Å²) in [5, 5.41) is 1.04. The van der Waals surface area contributed by atoms with E-state index in [4.69, 9.17) is 14.2 Å². The van der Waals surface area contributed by atoms with Gasteiger partial charge in [-0.1, -0.05) is 24.3 Å². The van der Waals surface area contributed by atoms with E-state index in [0.717, 1.165) is 39.3 Å². The van der Waals surface area contributed by atoms with Crippen LogP contribution in [0.4, 0.5) is 0 Å². The van der Waals surface area contributed by atoms with Crippen LogP contribution < -0.4 is 14.2 Å². The third-order valence-electron chi connectivity index (χ3n) is 3.87. The van der Waals surface area contributed by atoms with E-state index in [9.17, 15) is 0 Å². The fourth-order valence-corrected chi connectivity index (χ4v) is 2.63. The minimum Gasteiger partial charge on any atom is -0.497 e. The number of rotatable bonds is 5. The van der Waals surface area contributed by atoms with Crippen molar-refractivity contribution < 1.29 is 14.2 Å². The van der Waals surface area contributed by atoms with Crippen molar-refractivity contribution in [3.8, 4) is 17.2 Å². The highest BCUT2D eigenvalue weighted by Crippen LogP contribution is 2.29. The van der Waals surface area contributed by atoms with Gasteiger partial charge < -0.3 is 14.2 Å². The van der Waals surface area contributed by atoms with E-state index < -0.39 is 0 Å². The Kier molecular flexibility index (Phi) is 4.66. The van der Waals surface area contributed by atoms with Gasteiger partial charge in [-0.25, -0.2) is 0 Å². The van der Waals surface area contributed by atoms with Gasteiger partial charge in [-0.05, 0) is 35.9 Å². The van der Waals surface area contributed by atoms with Gasteiger partial charge in [0.1, 0.15) is 22.8 Å². The monoisotopic (exact) mass is 321 g/mol. The van der Waals surface area contributed by atoms with Crippen molar-refractivity contribution in [3.63, 3.8) is 0 Å². The van der Waals surface area contributed by atoms with Crippen molar-refractivity contribution in [2.45, 2.75) is 0 Å². The lowest BCUT2D eigenvalue weighted by atomic mass is 10.1. The summed E-state index contributed by atoms with van der Waals surface area (Å²) in [6.45, 7) is 0. The van der Waals surface area contributed by atoms with Crippen molar-refractivity contribution in [2.24, 2.45) is 0 Å². The molecule has 0 aliphatic carbocycles. The van der Waals surface area contributed by atoms with Crippen LogP contribution in [0.5, 0.6) is 17.2 Å². The Bertz CT molecular complexity index is 887. The number of hydrogen-bond donors (Lipinski definition) is 0. The second-order valence-corrected chi connectivity index (χ2v) is 5.20. The van der Waals surface area contributed by atoms with Crippen molar-refractivity contribution in [2.75, 3.05) is 21.3 Å². The maximum absolute atomic E-state index is 5.42. The fourth-order valence-electron chi connectivity index (χ4n) is 2.63. The number of hydrogen-bond acceptors (Lipinski definition) is 4. The molecular formula is C20H19NO3. The predicted octanol–water partition coefficient (Wildman–Crippen LogP) is 4.43. The first kappa shape index (κ1) is 15.9. The van der Waals surface area contributed by atoms with Gasteiger partial charge in [0, 0.05) is 17.1 Å². The number of nitrogens with zero attached hydrogens (tertiary/aromatic N) is 1. The molecule has 0 unspecified atom stereocenters. The summed E-state index contributed by atoms with van der Waals surface area (Å²) in [6.07, 6.45) is 5.82. The van der Waals surface area contributed by atoms with Gasteiger partial charge in [0.2, 0.25) is 0 Å². The van der Waals surface area contributed by atoms with Gasteiger partial charge in [0.15, 0.2) is 0 Å². The molecule has 3 aromatic rings. The van der Waals surface area contributed by atoms with Crippen LogP contribution in [-0.4, -0.2) is 26.3 Å². The Morgan fingerprint density at radius 3 is 2.29 bits per heavy atom. The van der Waals surface area contributed by atoms with E-state index in [0.29, 0.717) is 0 Å². The molecule has 0 saturated carbocycles. The normalized spacial score (nSPS) is 11.0. The van der Waals surface area contributed by atoms with Crippen LogP contribution in [0.15, 0.2) is 48.7 Å². The first-order chi connectivity index (χ1) is 11.8. The van der Waals surface area contributed by atoms with Crippen molar-refractivity contribution >= 4 is 23.1 Å². The summed E-state index contributed by atoms with van der Waals surface area (Å²) in [7, 11) is 4.96. The first-order valence-electron chi connectivity index (χ1n) is 7.58. The van der Waals surface area contributed by atoms with Gasteiger partial charge >= 0.3 is 0 Å². The molecule has 0 fully saturated rings.